The van der Waals surface area contributed by atoms with Crippen molar-refractivity contribution in [2.75, 3.05) is 27.2 Å². The molecule has 0 aliphatic heterocycles. The molecular weight excluding hydrogens is 275 g/mol. The number of hydrogen-bond donors (Lipinski definition) is 2. The van der Waals surface area contributed by atoms with Crippen LogP contribution in [0.1, 0.15) is 13.8 Å². The zero-order valence-corrected chi connectivity index (χ0v) is 13.0. The molecular formula is C10H24Cl2N6. The predicted octanol–water partition coefficient (Wildman–Crippen LogP) is 1.53. The number of hydrogen-bond acceptors (Lipinski definition) is 4. The van der Waals surface area contributed by atoms with Crippen LogP contribution in [0.3, 0.4) is 0 Å². The number of halogens is 2. The van der Waals surface area contributed by atoms with E-state index in [4.69, 9.17) is 11.5 Å². The molecule has 0 saturated carbocycles. The molecule has 0 rings (SSSR count). The Hall–Kier alpha value is -0.880. The molecule has 0 aromatic rings. The molecule has 0 aromatic carbocycles. The second-order valence-electron chi connectivity index (χ2n) is 3.75. The highest BCUT2D eigenvalue weighted by molar-refractivity contribution is 5.85. The Bertz CT molecular complexity index is 262. The molecule has 0 heterocycles. The zero-order chi connectivity index (χ0) is 12.6. The van der Waals surface area contributed by atoms with Crippen LogP contribution in [-0.4, -0.2) is 38.9 Å². The lowest BCUT2D eigenvalue weighted by atomic mass is 10.1. The molecule has 6 nitrogen and oxygen atoms in total. The minimum absolute atomic E-state index is 0. The smallest absolute Gasteiger partial charge is 0.0981 e. The lowest BCUT2D eigenvalue weighted by molar-refractivity contribution is 0.682. The second-order valence-corrected chi connectivity index (χ2v) is 3.75. The first-order valence-corrected chi connectivity index (χ1v) is 5.30. The number of amidine groups is 2. The fourth-order valence-corrected chi connectivity index (χ4v) is 0.988. The Morgan fingerprint density at radius 2 is 1.11 bits per heavy atom. The number of aliphatic imine (C=N–C) groups is 2. The van der Waals surface area contributed by atoms with Crippen LogP contribution in [0.2, 0.25) is 0 Å². The third-order valence-corrected chi connectivity index (χ3v) is 2.34. The molecule has 2 unspecified atom stereocenters. The quantitative estimate of drug-likeness (QED) is 0.441. The normalized spacial score (nSPS) is 15.8. The summed E-state index contributed by atoms with van der Waals surface area (Å²) in [6.07, 6.45) is 0. The Balaban J connectivity index is -0.00000112. The summed E-state index contributed by atoms with van der Waals surface area (Å²) in [5.74, 6) is 1.45. The number of nitrogens with zero attached hydrogens (tertiary/aromatic N) is 4. The van der Waals surface area contributed by atoms with Gasteiger partial charge in [-0.05, 0) is 0 Å². The Kier molecular flexibility index (Phi) is 15.6. The average Bonchev–Trinajstić information content (AvgIpc) is 2.31. The molecule has 0 spiro atoms. The van der Waals surface area contributed by atoms with Crippen LogP contribution < -0.4 is 11.5 Å². The van der Waals surface area contributed by atoms with Crippen molar-refractivity contribution in [1.82, 2.24) is 0 Å². The highest BCUT2D eigenvalue weighted by atomic mass is 35.5. The van der Waals surface area contributed by atoms with E-state index < -0.39 is 0 Å². The molecule has 0 fully saturated rings. The van der Waals surface area contributed by atoms with Crippen molar-refractivity contribution in [2.45, 2.75) is 13.8 Å². The summed E-state index contributed by atoms with van der Waals surface area (Å²) in [5.41, 5.74) is 11.3. The van der Waals surface area contributed by atoms with Crippen LogP contribution in [-0.2, 0) is 0 Å². The summed E-state index contributed by atoms with van der Waals surface area (Å²) < 4.78 is 0. The third-order valence-electron chi connectivity index (χ3n) is 2.34. The molecule has 0 amide bonds. The molecule has 0 saturated heterocycles. The van der Waals surface area contributed by atoms with Gasteiger partial charge in [0.2, 0.25) is 0 Å². The standard InChI is InChI=1S/C10H22N6.2ClH/c1-7(9(11)13-3)5-15-16-6-8(2)10(12)14-4;;/h7-8H,5-6H2,1-4H3,(H2,11,13)(H2,12,14);2*1H. The predicted molar refractivity (Wildman–Crippen MR) is 82.5 cm³/mol. The molecule has 0 aromatic heterocycles. The molecule has 0 radical (unpaired) electrons. The highest BCUT2D eigenvalue weighted by Crippen LogP contribution is 1.99. The van der Waals surface area contributed by atoms with Gasteiger partial charge in [0.15, 0.2) is 0 Å². The van der Waals surface area contributed by atoms with Gasteiger partial charge in [0, 0.05) is 25.9 Å². The summed E-state index contributed by atoms with van der Waals surface area (Å²) in [6.45, 7) is 5.04. The molecule has 108 valence electrons. The lowest BCUT2D eigenvalue weighted by Gasteiger charge is -2.07. The van der Waals surface area contributed by atoms with Crippen molar-refractivity contribution in [3.63, 3.8) is 0 Å². The minimum Gasteiger partial charge on any atom is -0.387 e. The van der Waals surface area contributed by atoms with E-state index in [0.29, 0.717) is 24.8 Å². The first kappa shape index (κ1) is 22.3. The van der Waals surface area contributed by atoms with E-state index in [1.807, 2.05) is 13.8 Å². The van der Waals surface area contributed by atoms with Gasteiger partial charge >= 0.3 is 0 Å². The SMILES string of the molecule is CN=C(N)C(C)CN=NCC(C)C(N)=NC.Cl.Cl. The maximum Gasteiger partial charge on any atom is 0.0981 e. The summed E-state index contributed by atoms with van der Waals surface area (Å²) in [6, 6.07) is 0. The van der Waals surface area contributed by atoms with E-state index in [9.17, 15) is 0 Å². The van der Waals surface area contributed by atoms with Crippen LogP contribution in [0.4, 0.5) is 0 Å². The fraction of sp³-hybridized carbons (Fsp3) is 0.800. The van der Waals surface area contributed by atoms with E-state index in [1.165, 1.54) is 0 Å². The first-order valence-electron chi connectivity index (χ1n) is 5.30. The Morgan fingerprint density at radius 3 is 1.33 bits per heavy atom. The second kappa shape index (κ2) is 12.6. The fourth-order valence-electron chi connectivity index (χ4n) is 0.988. The maximum atomic E-state index is 5.64. The summed E-state index contributed by atoms with van der Waals surface area (Å²) in [7, 11) is 3.34. The topological polar surface area (TPSA) is 101 Å². The summed E-state index contributed by atoms with van der Waals surface area (Å²) in [4.78, 5) is 7.79. The molecule has 4 N–H and O–H groups in total. The maximum absolute atomic E-state index is 5.64. The Labute approximate surface area is 121 Å². The summed E-state index contributed by atoms with van der Waals surface area (Å²) >= 11 is 0. The summed E-state index contributed by atoms with van der Waals surface area (Å²) in [5, 5.41) is 8.10. The average molecular weight is 299 g/mol. The zero-order valence-electron chi connectivity index (χ0n) is 11.3. The van der Waals surface area contributed by atoms with Gasteiger partial charge in [-0.25, -0.2) is 0 Å². The lowest BCUT2D eigenvalue weighted by Crippen LogP contribution is -2.24. The van der Waals surface area contributed by atoms with Crippen LogP contribution in [0.25, 0.3) is 0 Å². The Morgan fingerprint density at radius 1 is 0.833 bits per heavy atom. The van der Waals surface area contributed by atoms with Crippen LogP contribution >= 0.6 is 24.8 Å². The number of rotatable bonds is 6. The van der Waals surface area contributed by atoms with Crippen molar-refractivity contribution < 1.29 is 0 Å². The van der Waals surface area contributed by atoms with E-state index in [-0.39, 0.29) is 36.6 Å². The van der Waals surface area contributed by atoms with E-state index in [2.05, 4.69) is 20.2 Å². The van der Waals surface area contributed by atoms with Crippen LogP contribution in [0.15, 0.2) is 20.2 Å². The van der Waals surface area contributed by atoms with Crippen molar-refractivity contribution in [1.29, 1.82) is 0 Å². The van der Waals surface area contributed by atoms with Crippen LogP contribution in [0.5, 0.6) is 0 Å². The van der Waals surface area contributed by atoms with E-state index in [1.54, 1.807) is 14.1 Å². The van der Waals surface area contributed by atoms with Gasteiger partial charge in [0.25, 0.3) is 0 Å². The van der Waals surface area contributed by atoms with Gasteiger partial charge in [-0.15, -0.1) is 24.8 Å². The largest absolute Gasteiger partial charge is 0.387 e. The molecule has 0 aliphatic rings. The highest BCUT2D eigenvalue weighted by Gasteiger charge is 2.06. The molecule has 0 aliphatic carbocycles. The van der Waals surface area contributed by atoms with Crippen molar-refractivity contribution in [3.8, 4) is 0 Å². The minimum atomic E-state index is 0. The van der Waals surface area contributed by atoms with E-state index >= 15 is 0 Å². The van der Waals surface area contributed by atoms with Gasteiger partial charge in [-0.3, -0.25) is 9.98 Å². The number of azo groups is 1. The van der Waals surface area contributed by atoms with Crippen molar-refractivity contribution in [3.05, 3.63) is 0 Å². The molecule has 18 heavy (non-hydrogen) atoms. The third kappa shape index (κ3) is 9.18. The number of nitrogens with two attached hydrogens (primary N) is 2. The first-order chi connectivity index (χ1) is 7.52. The molecule has 0 bridgehead atoms. The van der Waals surface area contributed by atoms with Gasteiger partial charge in [0.05, 0.1) is 24.8 Å². The van der Waals surface area contributed by atoms with Gasteiger partial charge in [-0.2, -0.15) is 10.2 Å². The molecule has 8 heteroatoms. The monoisotopic (exact) mass is 298 g/mol. The van der Waals surface area contributed by atoms with Gasteiger partial charge in [-0.1, -0.05) is 13.8 Å². The van der Waals surface area contributed by atoms with Crippen molar-refractivity contribution in [2.24, 2.45) is 43.5 Å². The van der Waals surface area contributed by atoms with Gasteiger partial charge < -0.3 is 11.5 Å². The van der Waals surface area contributed by atoms with Crippen molar-refractivity contribution >= 4 is 36.5 Å². The van der Waals surface area contributed by atoms with Crippen LogP contribution in [0, 0.1) is 11.8 Å². The van der Waals surface area contributed by atoms with Gasteiger partial charge in [0.1, 0.15) is 0 Å². The van der Waals surface area contributed by atoms with E-state index in [0.717, 1.165) is 0 Å². The molecule has 2 atom stereocenters.